The predicted molar refractivity (Wildman–Crippen MR) is 121 cm³/mol. The van der Waals surface area contributed by atoms with Gasteiger partial charge in [0.1, 0.15) is 11.6 Å². The van der Waals surface area contributed by atoms with Crippen LogP contribution in [-0.2, 0) is 4.79 Å². The number of anilines is 1. The van der Waals surface area contributed by atoms with Gasteiger partial charge >= 0.3 is 0 Å². The fourth-order valence-electron chi connectivity index (χ4n) is 3.15. The second-order valence-corrected chi connectivity index (χ2v) is 7.51. The van der Waals surface area contributed by atoms with E-state index in [-0.39, 0.29) is 16.3 Å². The normalized spacial score (nSPS) is 11.1. The number of aromatic nitrogens is 1. The van der Waals surface area contributed by atoms with Crippen LogP contribution in [0.5, 0.6) is 0 Å². The molecular formula is C22H16Cl2N4O3. The number of halogens is 2. The summed E-state index contributed by atoms with van der Waals surface area (Å²) in [7, 11) is 0. The minimum Gasteiger partial charge on any atom is -0.321 e. The lowest BCUT2D eigenvalue weighted by atomic mass is 10.1. The molecule has 1 amide bonds. The number of carbonyl (C=O) groups excluding carboxylic acids is 1. The van der Waals surface area contributed by atoms with Gasteiger partial charge < -0.3 is 9.88 Å². The van der Waals surface area contributed by atoms with E-state index in [1.807, 2.05) is 24.5 Å². The van der Waals surface area contributed by atoms with Crippen LogP contribution in [0.15, 0.2) is 54.1 Å². The lowest BCUT2D eigenvalue weighted by molar-refractivity contribution is -0.384. The Balaban J connectivity index is 1.95. The van der Waals surface area contributed by atoms with Crippen molar-refractivity contribution in [1.29, 1.82) is 5.26 Å². The molecule has 0 aliphatic heterocycles. The molecule has 0 unspecified atom stereocenters. The second-order valence-electron chi connectivity index (χ2n) is 6.69. The molecule has 0 radical (unpaired) electrons. The van der Waals surface area contributed by atoms with Crippen molar-refractivity contribution in [3.63, 3.8) is 0 Å². The van der Waals surface area contributed by atoms with Crippen molar-refractivity contribution in [2.24, 2.45) is 0 Å². The van der Waals surface area contributed by atoms with Gasteiger partial charge in [-0.15, -0.1) is 0 Å². The Hall–Kier alpha value is -3.60. The maximum atomic E-state index is 12.6. The van der Waals surface area contributed by atoms with E-state index in [9.17, 15) is 20.2 Å². The molecule has 7 nitrogen and oxygen atoms in total. The minimum atomic E-state index is -0.596. The summed E-state index contributed by atoms with van der Waals surface area (Å²) >= 11 is 11.8. The summed E-state index contributed by atoms with van der Waals surface area (Å²) in [6.07, 6.45) is 1.48. The predicted octanol–water partition coefficient (Wildman–Crippen LogP) is 5.85. The van der Waals surface area contributed by atoms with Crippen LogP contribution in [-0.4, -0.2) is 15.4 Å². The van der Waals surface area contributed by atoms with Crippen LogP contribution >= 0.6 is 23.2 Å². The number of nitrogens with one attached hydrogen (secondary N) is 1. The second kappa shape index (κ2) is 9.04. The van der Waals surface area contributed by atoms with E-state index >= 15 is 0 Å². The quantitative estimate of drug-likeness (QED) is 0.226. The first-order valence-corrected chi connectivity index (χ1v) is 9.79. The average Bonchev–Trinajstić information content (AvgIpc) is 3.01. The standard InChI is InChI=1S/C22H16Cl2N4O3/c1-13-8-15(14(2)27(13)18-4-3-5-19(11-18)28(30)31)9-16(12-25)22(29)26-17-6-7-20(23)21(24)10-17/h3-11H,1-2H3,(H,26,29)/b16-9-. The SMILES string of the molecule is Cc1cc(/C=C(/C#N)C(=O)Nc2ccc(Cl)c(Cl)c2)c(C)n1-c1cccc([N+](=O)[O-])c1. The van der Waals surface area contributed by atoms with Gasteiger partial charge in [0, 0.05) is 29.2 Å². The van der Waals surface area contributed by atoms with E-state index in [1.165, 1.54) is 24.3 Å². The van der Waals surface area contributed by atoms with Crippen molar-refractivity contribution in [1.82, 2.24) is 4.57 Å². The number of rotatable bonds is 5. The van der Waals surface area contributed by atoms with Gasteiger partial charge in [-0.2, -0.15) is 5.26 Å². The number of nitro groups is 1. The van der Waals surface area contributed by atoms with Gasteiger partial charge in [-0.1, -0.05) is 29.3 Å². The summed E-state index contributed by atoms with van der Waals surface area (Å²) in [4.78, 5) is 23.2. The number of carbonyl (C=O) groups is 1. The molecule has 1 heterocycles. The number of nitrogens with zero attached hydrogens (tertiary/aromatic N) is 3. The fraction of sp³-hybridized carbons (Fsp3) is 0.0909. The maximum Gasteiger partial charge on any atom is 0.271 e. The highest BCUT2D eigenvalue weighted by Crippen LogP contribution is 2.27. The van der Waals surface area contributed by atoms with Crippen LogP contribution < -0.4 is 5.32 Å². The van der Waals surface area contributed by atoms with Crippen molar-refractivity contribution in [2.45, 2.75) is 13.8 Å². The van der Waals surface area contributed by atoms with Gasteiger partial charge in [0.15, 0.2) is 0 Å². The first kappa shape index (κ1) is 22.1. The highest BCUT2D eigenvalue weighted by Gasteiger charge is 2.16. The monoisotopic (exact) mass is 454 g/mol. The van der Waals surface area contributed by atoms with Crippen LogP contribution in [0.4, 0.5) is 11.4 Å². The maximum absolute atomic E-state index is 12.6. The van der Waals surface area contributed by atoms with Crippen molar-refractivity contribution in [2.75, 3.05) is 5.32 Å². The van der Waals surface area contributed by atoms with Crippen LogP contribution in [0.3, 0.4) is 0 Å². The molecule has 0 aliphatic rings. The lowest BCUT2D eigenvalue weighted by Crippen LogP contribution is -2.13. The third kappa shape index (κ3) is 4.77. The third-order valence-corrected chi connectivity index (χ3v) is 5.35. The Morgan fingerprint density at radius 2 is 1.90 bits per heavy atom. The number of hydrogen-bond donors (Lipinski definition) is 1. The molecule has 0 atom stereocenters. The molecule has 2 aromatic carbocycles. The summed E-state index contributed by atoms with van der Waals surface area (Å²) in [6, 6.07) is 14.6. The molecule has 156 valence electrons. The molecule has 0 fully saturated rings. The molecule has 0 saturated heterocycles. The Morgan fingerprint density at radius 1 is 1.16 bits per heavy atom. The zero-order valence-electron chi connectivity index (χ0n) is 16.5. The first-order valence-electron chi connectivity index (χ1n) is 9.03. The van der Waals surface area contributed by atoms with Crippen LogP contribution in [0, 0.1) is 35.3 Å². The summed E-state index contributed by atoms with van der Waals surface area (Å²) in [6.45, 7) is 3.65. The van der Waals surface area contributed by atoms with Crippen molar-refractivity contribution in [3.8, 4) is 11.8 Å². The Kier molecular flexibility index (Phi) is 6.44. The van der Waals surface area contributed by atoms with Crippen LogP contribution in [0.1, 0.15) is 17.0 Å². The van der Waals surface area contributed by atoms with E-state index in [1.54, 1.807) is 30.3 Å². The number of nitro benzene ring substituents is 1. The number of aryl methyl sites for hydroxylation is 1. The molecule has 9 heteroatoms. The molecule has 0 bridgehead atoms. The molecule has 31 heavy (non-hydrogen) atoms. The van der Waals surface area contributed by atoms with E-state index in [0.717, 1.165) is 11.4 Å². The summed E-state index contributed by atoms with van der Waals surface area (Å²) in [5.41, 5.74) is 3.06. The van der Waals surface area contributed by atoms with Crippen molar-refractivity contribution in [3.05, 3.63) is 91.2 Å². The molecular weight excluding hydrogens is 439 g/mol. The summed E-state index contributed by atoms with van der Waals surface area (Å²) in [5, 5.41) is 23.9. The first-order chi connectivity index (χ1) is 14.7. The Bertz CT molecular complexity index is 1270. The van der Waals surface area contributed by atoms with Gasteiger partial charge in [-0.25, -0.2) is 0 Å². The van der Waals surface area contributed by atoms with Crippen LogP contribution in [0.2, 0.25) is 10.0 Å². The van der Waals surface area contributed by atoms with E-state index < -0.39 is 10.8 Å². The van der Waals surface area contributed by atoms with Gasteiger partial charge in [0.25, 0.3) is 11.6 Å². The highest BCUT2D eigenvalue weighted by molar-refractivity contribution is 6.42. The molecule has 0 spiro atoms. The molecule has 1 N–H and O–H groups in total. The van der Waals surface area contributed by atoms with Crippen LogP contribution in [0.25, 0.3) is 11.8 Å². The van der Waals surface area contributed by atoms with Crippen molar-refractivity contribution >= 4 is 46.6 Å². The van der Waals surface area contributed by atoms with Crippen molar-refractivity contribution < 1.29 is 9.72 Å². The fourth-order valence-corrected chi connectivity index (χ4v) is 3.45. The lowest BCUT2D eigenvalue weighted by Gasteiger charge is -2.09. The molecule has 3 rings (SSSR count). The highest BCUT2D eigenvalue weighted by atomic mass is 35.5. The summed E-state index contributed by atoms with van der Waals surface area (Å²) < 4.78 is 1.82. The molecule has 3 aromatic rings. The molecule has 1 aromatic heterocycles. The van der Waals surface area contributed by atoms with E-state index in [0.29, 0.717) is 22.0 Å². The zero-order valence-corrected chi connectivity index (χ0v) is 18.0. The van der Waals surface area contributed by atoms with Gasteiger partial charge in [-0.3, -0.25) is 14.9 Å². The number of benzene rings is 2. The number of amides is 1. The average molecular weight is 455 g/mol. The zero-order chi connectivity index (χ0) is 22.7. The number of non-ortho nitro benzene ring substituents is 1. The van der Waals surface area contributed by atoms with E-state index in [4.69, 9.17) is 23.2 Å². The molecule has 0 aliphatic carbocycles. The summed E-state index contributed by atoms with van der Waals surface area (Å²) in [5.74, 6) is -0.596. The van der Waals surface area contributed by atoms with Gasteiger partial charge in [0.2, 0.25) is 0 Å². The number of hydrogen-bond acceptors (Lipinski definition) is 4. The Labute approximate surface area is 188 Å². The Morgan fingerprint density at radius 3 is 2.55 bits per heavy atom. The topological polar surface area (TPSA) is 101 Å². The largest absolute Gasteiger partial charge is 0.321 e. The third-order valence-electron chi connectivity index (χ3n) is 4.61. The van der Waals surface area contributed by atoms with Gasteiger partial charge in [-0.05, 0) is 55.8 Å². The molecule has 0 saturated carbocycles. The minimum absolute atomic E-state index is 0.0270. The number of nitriles is 1. The smallest absolute Gasteiger partial charge is 0.271 e. The van der Waals surface area contributed by atoms with Gasteiger partial charge in [0.05, 0.1) is 20.7 Å². The van der Waals surface area contributed by atoms with E-state index in [2.05, 4.69) is 5.32 Å².